The van der Waals surface area contributed by atoms with Crippen LogP contribution in [0.25, 0.3) is 0 Å². The molecule has 0 radical (unpaired) electrons. The molecule has 0 saturated heterocycles. The molecule has 0 spiro atoms. The molecular formula is C16H13FN2O4. The SMILES string of the molecule is CC1Oc2ccc(C(=O)Cn3cc(F)ccc3=O)cc2NC1=O. The van der Waals surface area contributed by atoms with Crippen LogP contribution in [0.4, 0.5) is 10.1 Å². The number of hydrogen-bond acceptors (Lipinski definition) is 4. The van der Waals surface area contributed by atoms with E-state index in [4.69, 9.17) is 4.74 Å². The fourth-order valence-electron chi connectivity index (χ4n) is 2.25. The molecule has 3 rings (SSSR count). The number of nitrogens with zero attached hydrogens (tertiary/aromatic N) is 1. The Bertz CT molecular complexity index is 859. The lowest BCUT2D eigenvalue weighted by molar-refractivity contribution is -0.122. The highest BCUT2D eigenvalue weighted by Gasteiger charge is 2.24. The Labute approximate surface area is 130 Å². The maximum atomic E-state index is 13.2. The lowest BCUT2D eigenvalue weighted by Crippen LogP contribution is -2.34. The molecule has 1 N–H and O–H groups in total. The minimum Gasteiger partial charge on any atom is -0.479 e. The summed E-state index contributed by atoms with van der Waals surface area (Å²) in [7, 11) is 0. The highest BCUT2D eigenvalue weighted by Crippen LogP contribution is 2.30. The number of carbonyl (C=O) groups is 2. The van der Waals surface area contributed by atoms with E-state index in [0.717, 1.165) is 22.9 Å². The number of benzene rings is 1. The Morgan fingerprint density at radius 2 is 2.09 bits per heavy atom. The average Bonchev–Trinajstić information content (AvgIpc) is 2.51. The molecule has 6 nitrogen and oxygen atoms in total. The van der Waals surface area contributed by atoms with Crippen LogP contribution in [0.15, 0.2) is 41.3 Å². The standard InChI is InChI=1S/C16H13FN2O4/c1-9-16(22)18-12-6-10(2-4-14(12)23-9)13(20)8-19-7-11(17)3-5-15(19)21/h2-7,9H,8H2,1H3,(H,18,22). The lowest BCUT2D eigenvalue weighted by Gasteiger charge is -2.23. The number of halogens is 1. The first-order valence-electron chi connectivity index (χ1n) is 6.95. The van der Waals surface area contributed by atoms with E-state index < -0.39 is 17.5 Å². The first-order chi connectivity index (χ1) is 10.9. The predicted molar refractivity (Wildman–Crippen MR) is 80.2 cm³/mol. The molecule has 118 valence electrons. The molecule has 1 aromatic heterocycles. The fourth-order valence-corrected chi connectivity index (χ4v) is 2.25. The van der Waals surface area contributed by atoms with Crippen LogP contribution < -0.4 is 15.6 Å². The van der Waals surface area contributed by atoms with Gasteiger partial charge in [-0.1, -0.05) is 0 Å². The summed E-state index contributed by atoms with van der Waals surface area (Å²) in [5, 5.41) is 2.64. The van der Waals surface area contributed by atoms with Crippen LogP contribution >= 0.6 is 0 Å². The quantitative estimate of drug-likeness (QED) is 0.872. The number of amides is 1. The number of ether oxygens (including phenoxy) is 1. The van der Waals surface area contributed by atoms with Gasteiger partial charge >= 0.3 is 0 Å². The van der Waals surface area contributed by atoms with Crippen molar-refractivity contribution in [2.75, 3.05) is 5.32 Å². The summed E-state index contributed by atoms with van der Waals surface area (Å²) in [6.07, 6.45) is 0.375. The molecule has 23 heavy (non-hydrogen) atoms. The second-order valence-corrected chi connectivity index (χ2v) is 5.20. The smallest absolute Gasteiger partial charge is 0.265 e. The number of pyridine rings is 1. The Morgan fingerprint density at radius 1 is 1.30 bits per heavy atom. The van der Waals surface area contributed by atoms with Crippen molar-refractivity contribution < 1.29 is 18.7 Å². The number of fused-ring (bicyclic) bond motifs is 1. The van der Waals surface area contributed by atoms with Gasteiger partial charge in [-0.2, -0.15) is 0 Å². The minimum atomic E-state index is -0.602. The summed E-state index contributed by atoms with van der Waals surface area (Å²) in [6, 6.07) is 6.69. The van der Waals surface area contributed by atoms with Crippen molar-refractivity contribution in [1.29, 1.82) is 0 Å². The first-order valence-corrected chi connectivity index (χ1v) is 6.95. The van der Waals surface area contributed by atoms with E-state index in [9.17, 15) is 18.8 Å². The summed E-state index contributed by atoms with van der Waals surface area (Å²) >= 11 is 0. The van der Waals surface area contributed by atoms with E-state index in [1.54, 1.807) is 13.0 Å². The van der Waals surface area contributed by atoms with Crippen molar-refractivity contribution in [3.63, 3.8) is 0 Å². The van der Waals surface area contributed by atoms with Gasteiger partial charge in [0.25, 0.3) is 11.5 Å². The Morgan fingerprint density at radius 3 is 2.87 bits per heavy atom. The maximum absolute atomic E-state index is 13.2. The third-order valence-electron chi connectivity index (χ3n) is 3.49. The maximum Gasteiger partial charge on any atom is 0.265 e. The molecule has 0 fully saturated rings. The zero-order valence-corrected chi connectivity index (χ0v) is 12.2. The van der Waals surface area contributed by atoms with Gasteiger partial charge in [-0.05, 0) is 31.2 Å². The van der Waals surface area contributed by atoms with Crippen molar-refractivity contribution in [3.05, 3.63) is 58.3 Å². The van der Waals surface area contributed by atoms with E-state index in [0.29, 0.717) is 17.0 Å². The van der Waals surface area contributed by atoms with Gasteiger partial charge in [-0.3, -0.25) is 14.4 Å². The van der Waals surface area contributed by atoms with Crippen LogP contribution in [0.2, 0.25) is 0 Å². The molecule has 0 bridgehead atoms. The van der Waals surface area contributed by atoms with Crippen molar-refractivity contribution >= 4 is 17.4 Å². The molecule has 0 aliphatic carbocycles. The van der Waals surface area contributed by atoms with Crippen LogP contribution in [-0.4, -0.2) is 22.4 Å². The van der Waals surface area contributed by atoms with Gasteiger partial charge in [-0.15, -0.1) is 0 Å². The number of aromatic nitrogens is 1. The molecule has 2 heterocycles. The highest BCUT2D eigenvalue weighted by atomic mass is 19.1. The van der Waals surface area contributed by atoms with Crippen molar-refractivity contribution in [2.24, 2.45) is 0 Å². The molecule has 1 aromatic carbocycles. The molecule has 2 aromatic rings. The molecule has 1 atom stereocenters. The van der Waals surface area contributed by atoms with Gasteiger partial charge in [0.2, 0.25) is 0 Å². The monoisotopic (exact) mass is 316 g/mol. The topological polar surface area (TPSA) is 77.4 Å². The first kappa shape index (κ1) is 15.0. The highest BCUT2D eigenvalue weighted by molar-refractivity contribution is 6.01. The summed E-state index contributed by atoms with van der Waals surface area (Å²) < 4.78 is 19.6. The molecule has 0 saturated carbocycles. The van der Waals surface area contributed by atoms with Crippen LogP contribution in [0.5, 0.6) is 5.75 Å². The number of nitrogens with one attached hydrogen (secondary N) is 1. The number of anilines is 1. The van der Waals surface area contributed by atoms with Gasteiger partial charge in [0.05, 0.1) is 12.2 Å². The number of carbonyl (C=O) groups excluding carboxylic acids is 2. The van der Waals surface area contributed by atoms with Gasteiger partial charge in [-0.25, -0.2) is 4.39 Å². The van der Waals surface area contributed by atoms with Crippen molar-refractivity contribution in [2.45, 2.75) is 19.6 Å². The van der Waals surface area contributed by atoms with Gasteiger partial charge in [0.1, 0.15) is 11.6 Å². The third kappa shape index (κ3) is 2.98. The van der Waals surface area contributed by atoms with Gasteiger partial charge < -0.3 is 14.6 Å². The fraction of sp³-hybridized carbons (Fsp3) is 0.188. The number of Topliss-reactive ketones (excluding diaryl/α,β-unsaturated/α-hetero) is 1. The number of ketones is 1. The minimum absolute atomic E-state index is 0.290. The lowest BCUT2D eigenvalue weighted by atomic mass is 10.1. The summed E-state index contributed by atoms with van der Waals surface area (Å²) in [4.78, 5) is 35.5. The van der Waals surface area contributed by atoms with Crippen LogP contribution in [-0.2, 0) is 11.3 Å². The van der Waals surface area contributed by atoms with Crippen molar-refractivity contribution in [3.8, 4) is 5.75 Å². The van der Waals surface area contributed by atoms with Crippen molar-refractivity contribution in [1.82, 2.24) is 4.57 Å². The summed E-state index contributed by atoms with van der Waals surface area (Å²) in [5.41, 5.74) is 0.215. The third-order valence-corrected chi connectivity index (χ3v) is 3.49. The van der Waals surface area contributed by atoms with Gasteiger partial charge in [0.15, 0.2) is 11.9 Å². The Balaban J connectivity index is 1.86. The summed E-state index contributed by atoms with van der Waals surface area (Å²) in [6.45, 7) is 1.33. The largest absolute Gasteiger partial charge is 0.479 e. The molecule has 1 aliphatic heterocycles. The van der Waals surface area contributed by atoms with E-state index in [-0.39, 0.29) is 18.2 Å². The molecular weight excluding hydrogens is 303 g/mol. The zero-order valence-electron chi connectivity index (χ0n) is 12.2. The average molecular weight is 316 g/mol. The predicted octanol–water partition coefficient (Wildman–Crippen LogP) is 1.59. The summed E-state index contributed by atoms with van der Waals surface area (Å²) in [5.74, 6) is -0.814. The molecule has 1 amide bonds. The molecule has 1 aliphatic rings. The molecule has 7 heteroatoms. The second-order valence-electron chi connectivity index (χ2n) is 5.20. The van der Waals surface area contributed by atoms with Crippen LogP contribution in [0.3, 0.4) is 0 Å². The molecule has 1 unspecified atom stereocenters. The van der Waals surface area contributed by atoms with E-state index in [1.165, 1.54) is 12.1 Å². The van der Waals surface area contributed by atoms with Crippen LogP contribution in [0.1, 0.15) is 17.3 Å². The van der Waals surface area contributed by atoms with Gasteiger partial charge in [0, 0.05) is 17.8 Å². The van der Waals surface area contributed by atoms with E-state index >= 15 is 0 Å². The number of rotatable bonds is 3. The Hall–Kier alpha value is -2.96. The van der Waals surface area contributed by atoms with E-state index in [2.05, 4.69) is 5.32 Å². The van der Waals surface area contributed by atoms with E-state index in [1.807, 2.05) is 0 Å². The Kier molecular flexibility index (Phi) is 3.69. The normalized spacial score (nSPS) is 16.3. The number of hydrogen-bond donors (Lipinski definition) is 1. The van der Waals surface area contributed by atoms with Crippen LogP contribution in [0, 0.1) is 5.82 Å². The zero-order chi connectivity index (χ0) is 16.6. The second kappa shape index (κ2) is 5.68.